The minimum absolute atomic E-state index is 0.0134. The lowest BCUT2D eigenvalue weighted by molar-refractivity contribution is -0.143. The van der Waals surface area contributed by atoms with E-state index < -0.39 is 12.1 Å². The van der Waals surface area contributed by atoms with E-state index in [-0.39, 0.29) is 18.5 Å². The normalized spacial score (nSPS) is 12.6. The topological polar surface area (TPSA) is 95.9 Å². The first-order valence-electron chi connectivity index (χ1n) is 28.4. The molecule has 0 saturated carbocycles. The van der Waals surface area contributed by atoms with Crippen LogP contribution in [0.15, 0.2) is 12.2 Å². The first-order valence-corrected chi connectivity index (χ1v) is 28.4. The van der Waals surface area contributed by atoms with Crippen molar-refractivity contribution in [1.82, 2.24) is 5.32 Å². The monoisotopic (exact) mass is 890 g/mol. The lowest BCUT2D eigenvalue weighted by Gasteiger charge is -2.22. The molecule has 0 aromatic carbocycles. The van der Waals surface area contributed by atoms with Crippen LogP contribution in [0.3, 0.4) is 0 Å². The van der Waals surface area contributed by atoms with Gasteiger partial charge in [0.2, 0.25) is 5.91 Å². The van der Waals surface area contributed by atoms with Gasteiger partial charge in [0.25, 0.3) is 0 Å². The summed E-state index contributed by atoms with van der Waals surface area (Å²) in [6, 6.07) is -0.542. The lowest BCUT2D eigenvalue weighted by atomic mass is 10.0. The average molecular weight is 891 g/mol. The Balaban J connectivity index is 3.37. The zero-order valence-corrected chi connectivity index (χ0v) is 42.6. The number of hydrogen-bond donors (Lipinski definition) is 3. The van der Waals surface area contributed by atoms with Crippen LogP contribution in [0.2, 0.25) is 0 Å². The molecule has 6 heteroatoms. The Morgan fingerprint density at radius 3 is 1.13 bits per heavy atom. The summed E-state index contributed by atoms with van der Waals surface area (Å²) in [5.74, 6) is -0.0269. The molecule has 63 heavy (non-hydrogen) atoms. The van der Waals surface area contributed by atoms with Gasteiger partial charge in [-0.2, -0.15) is 0 Å². The molecule has 0 spiro atoms. The van der Waals surface area contributed by atoms with Crippen LogP contribution in [0, 0.1) is 0 Å². The van der Waals surface area contributed by atoms with E-state index in [2.05, 4.69) is 31.3 Å². The molecule has 0 aliphatic heterocycles. The number of aliphatic hydroxyl groups excluding tert-OH is 2. The van der Waals surface area contributed by atoms with E-state index in [0.717, 1.165) is 38.5 Å². The van der Waals surface area contributed by atoms with Crippen molar-refractivity contribution in [3.05, 3.63) is 12.2 Å². The standard InChI is InChI=1S/C57H111NO5/c1-3-5-7-9-11-13-15-31-35-39-43-47-51-57(62)63-52-48-44-40-36-32-29-27-25-23-21-19-17-16-18-20-22-24-26-28-30-34-38-42-46-50-56(61)58-54(53-59)55(60)49-45-41-37-33-14-12-10-8-6-4-2/h18,20,54-55,59-60H,3-17,19,21-53H2,1-2H3,(H,58,61)/b20-18-. The van der Waals surface area contributed by atoms with E-state index in [1.807, 2.05) is 0 Å². The van der Waals surface area contributed by atoms with Crippen LogP contribution < -0.4 is 5.32 Å². The number of unbranched alkanes of at least 4 members (excludes halogenated alkanes) is 40. The molecule has 2 unspecified atom stereocenters. The smallest absolute Gasteiger partial charge is 0.305 e. The highest BCUT2D eigenvalue weighted by molar-refractivity contribution is 5.76. The highest BCUT2D eigenvalue weighted by Gasteiger charge is 2.20. The SMILES string of the molecule is CCCCCCCCCCCCCCC(=O)OCCCCCCCCCCCCCC/C=C\CCCCCCCCCCC(=O)NC(CO)C(O)CCCCCCCCCCCC. The van der Waals surface area contributed by atoms with Gasteiger partial charge in [-0.25, -0.2) is 0 Å². The van der Waals surface area contributed by atoms with Crippen molar-refractivity contribution in [1.29, 1.82) is 0 Å². The van der Waals surface area contributed by atoms with Crippen molar-refractivity contribution in [2.75, 3.05) is 13.2 Å². The third kappa shape index (κ3) is 49.9. The van der Waals surface area contributed by atoms with Crippen LogP contribution in [0.4, 0.5) is 0 Å². The number of nitrogens with one attached hydrogen (secondary N) is 1. The second kappa shape index (κ2) is 53.2. The molecule has 374 valence electrons. The molecule has 0 aliphatic carbocycles. The molecule has 1 amide bonds. The van der Waals surface area contributed by atoms with Gasteiger partial charge in [0.1, 0.15) is 0 Å². The van der Waals surface area contributed by atoms with E-state index in [0.29, 0.717) is 25.9 Å². The molecule has 0 aromatic rings. The van der Waals surface area contributed by atoms with Crippen molar-refractivity contribution in [3.8, 4) is 0 Å². The van der Waals surface area contributed by atoms with Gasteiger partial charge in [-0.15, -0.1) is 0 Å². The van der Waals surface area contributed by atoms with Crippen LogP contribution in [0.5, 0.6) is 0 Å². The third-order valence-electron chi connectivity index (χ3n) is 13.3. The Morgan fingerprint density at radius 1 is 0.429 bits per heavy atom. The van der Waals surface area contributed by atoms with E-state index in [1.165, 1.54) is 244 Å². The molecule has 0 aromatic heterocycles. The Morgan fingerprint density at radius 2 is 0.746 bits per heavy atom. The molecule has 0 radical (unpaired) electrons. The van der Waals surface area contributed by atoms with Crippen LogP contribution in [-0.2, 0) is 14.3 Å². The first kappa shape index (κ1) is 61.6. The number of rotatable bonds is 53. The minimum Gasteiger partial charge on any atom is -0.466 e. The van der Waals surface area contributed by atoms with Gasteiger partial charge in [0.15, 0.2) is 0 Å². The van der Waals surface area contributed by atoms with Crippen molar-refractivity contribution in [3.63, 3.8) is 0 Å². The maximum atomic E-state index is 12.4. The van der Waals surface area contributed by atoms with Crippen LogP contribution in [0.1, 0.15) is 316 Å². The van der Waals surface area contributed by atoms with Gasteiger partial charge < -0.3 is 20.3 Å². The number of ether oxygens (including phenoxy) is 1. The van der Waals surface area contributed by atoms with E-state index in [9.17, 15) is 19.8 Å². The molecular formula is C57H111NO5. The number of hydrogen-bond acceptors (Lipinski definition) is 5. The molecule has 0 bridgehead atoms. The summed E-state index contributed by atoms with van der Waals surface area (Å²) >= 11 is 0. The number of esters is 1. The maximum Gasteiger partial charge on any atom is 0.305 e. The lowest BCUT2D eigenvalue weighted by Crippen LogP contribution is -2.45. The number of carbonyl (C=O) groups excluding carboxylic acids is 2. The molecule has 3 N–H and O–H groups in total. The summed E-state index contributed by atoms with van der Waals surface area (Å²) in [5, 5.41) is 23.1. The molecule has 6 nitrogen and oxygen atoms in total. The summed E-state index contributed by atoms with van der Waals surface area (Å²) in [5.41, 5.74) is 0. The van der Waals surface area contributed by atoms with Crippen LogP contribution in [-0.4, -0.2) is 47.4 Å². The van der Waals surface area contributed by atoms with Gasteiger partial charge in [-0.1, -0.05) is 264 Å². The second-order valence-electron chi connectivity index (χ2n) is 19.6. The predicted octanol–water partition coefficient (Wildman–Crippen LogP) is 17.3. The van der Waals surface area contributed by atoms with Crippen LogP contribution >= 0.6 is 0 Å². The fourth-order valence-electron chi connectivity index (χ4n) is 8.93. The predicted molar refractivity (Wildman–Crippen MR) is 273 cm³/mol. The molecule has 0 rings (SSSR count). The number of allylic oxidation sites excluding steroid dienone is 2. The van der Waals surface area contributed by atoms with Crippen molar-refractivity contribution in [2.24, 2.45) is 0 Å². The van der Waals surface area contributed by atoms with Crippen molar-refractivity contribution in [2.45, 2.75) is 328 Å². The highest BCUT2D eigenvalue weighted by Crippen LogP contribution is 2.17. The van der Waals surface area contributed by atoms with Crippen molar-refractivity contribution >= 4 is 11.9 Å². The van der Waals surface area contributed by atoms with E-state index in [4.69, 9.17) is 4.74 Å². The fourth-order valence-corrected chi connectivity index (χ4v) is 8.93. The summed E-state index contributed by atoms with van der Waals surface area (Å²) in [4.78, 5) is 24.4. The zero-order chi connectivity index (χ0) is 45.8. The average Bonchev–Trinajstić information content (AvgIpc) is 3.28. The molecule has 0 aliphatic rings. The molecular weight excluding hydrogens is 779 g/mol. The Kier molecular flexibility index (Phi) is 52.0. The first-order chi connectivity index (χ1) is 31.0. The molecule has 0 fully saturated rings. The quantitative estimate of drug-likeness (QED) is 0.0321. The van der Waals surface area contributed by atoms with Gasteiger partial charge in [-0.3, -0.25) is 9.59 Å². The van der Waals surface area contributed by atoms with Gasteiger partial charge in [-0.05, 0) is 51.4 Å². The van der Waals surface area contributed by atoms with Crippen LogP contribution in [0.25, 0.3) is 0 Å². The summed E-state index contributed by atoms with van der Waals surface area (Å²) in [7, 11) is 0. The molecule has 0 heterocycles. The Bertz CT molecular complexity index is 939. The summed E-state index contributed by atoms with van der Waals surface area (Å²) in [6.45, 7) is 4.95. The summed E-state index contributed by atoms with van der Waals surface area (Å²) in [6.07, 6.45) is 62.1. The maximum absolute atomic E-state index is 12.4. The number of amides is 1. The largest absolute Gasteiger partial charge is 0.466 e. The number of aliphatic hydroxyl groups is 2. The fraction of sp³-hybridized carbons (Fsp3) is 0.930. The Labute approximate surface area is 393 Å². The summed E-state index contributed by atoms with van der Waals surface area (Å²) < 4.78 is 5.47. The molecule has 0 saturated heterocycles. The highest BCUT2D eigenvalue weighted by atomic mass is 16.5. The number of carbonyl (C=O) groups is 2. The minimum atomic E-state index is -0.664. The van der Waals surface area contributed by atoms with Gasteiger partial charge in [0, 0.05) is 12.8 Å². The van der Waals surface area contributed by atoms with Gasteiger partial charge in [0.05, 0.1) is 25.4 Å². The van der Waals surface area contributed by atoms with E-state index in [1.54, 1.807) is 0 Å². The third-order valence-corrected chi connectivity index (χ3v) is 13.3. The van der Waals surface area contributed by atoms with E-state index >= 15 is 0 Å². The van der Waals surface area contributed by atoms with Crippen molar-refractivity contribution < 1.29 is 24.5 Å². The Hall–Kier alpha value is -1.40. The zero-order valence-electron chi connectivity index (χ0n) is 42.6. The molecule has 2 atom stereocenters. The second-order valence-corrected chi connectivity index (χ2v) is 19.6. The van der Waals surface area contributed by atoms with Gasteiger partial charge >= 0.3 is 5.97 Å².